The van der Waals surface area contributed by atoms with Crippen LogP contribution in [0.2, 0.25) is 0 Å². The first-order chi connectivity index (χ1) is 6.54. The largest absolute Gasteiger partial charge is 0.388 e. The summed E-state index contributed by atoms with van der Waals surface area (Å²) >= 11 is 0. The molecule has 0 radical (unpaired) electrons. The van der Waals surface area contributed by atoms with E-state index < -0.39 is 0 Å². The van der Waals surface area contributed by atoms with Gasteiger partial charge < -0.3 is 5.32 Å². The molecule has 0 amide bonds. The summed E-state index contributed by atoms with van der Waals surface area (Å²) in [5, 5.41) is 2.91. The first-order valence-electron chi connectivity index (χ1n) is 4.39. The first-order valence-corrected chi connectivity index (χ1v) is 4.39. The standard InChI is InChI=1S/C11H13NO2/c1-7(13)9-4-10(8(2)14)6-11(5-9)12-3/h4-6,12H,1-3H3. The Morgan fingerprint density at radius 1 is 1.00 bits per heavy atom. The topological polar surface area (TPSA) is 46.2 Å². The molecule has 1 N–H and O–H groups in total. The van der Waals surface area contributed by atoms with Gasteiger partial charge in [-0.05, 0) is 32.0 Å². The number of carbonyl (C=O) groups is 2. The Bertz CT molecular complexity index is 351. The van der Waals surface area contributed by atoms with Crippen LogP contribution in [0.1, 0.15) is 34.6 Å². The van der Waals surface area contributed by atoms with Gasteiger partial charge in [0.05, 0.1) is 0 Å². The average Bonchev–Trinajstić information content (AvgIpc) is 2.16. The van der Waals surface area contributed by atoms with Crippen molar-refractivity contribution in [1.82, 2.24) is 0 Å². The average molecular weight is 191 g/mol. The fourth-order valence-corrected chi connectivity index (χ4v) is 1.18. The van der Waals surface area contributed by atoms with Crippen molar-refractivity contribution in [3.63, 3.8) is 0 Å². The minimum Gasteiger partial charge on any atom is -0.388 e. The van der Waals surface area contributed by atoms with Gasteiger partial charge in [0, 0.05) is 23.9 Å². The number of benzene rings is 1. The van der Waals surface area contributed by atoms with Crippen LogP contribution in [-0.2, 0) is 0 Å². The Balaban J connectivity index is 3.27. The Morgan fingerprint density at radius 3 is 1.71 bits per heavy atom. The second-order valence-electron chi connectivity index (χ2n) is 3.16. The number of ketones is 2. The van der Waals surface area contributed by atoms with Gasteiger partial charge >= 0.3 is 0 Å². The predicted molar refractivity (Wildman–Crippen MR) is 56.0 cm³/mol. The molecule has 74 valence electrons. The molecular formula is C11H13NO2. The molecule has 0 saturated carbocycles. The zero-order valence-corrected chi connectivity index (χ0v) is 8.55. The van der Waals surface area contributed by atoms with Gasteiger partial charge in [0.15, 0.2) is 11.6 Å². The molecular weight excluding hydrogens is 178 g/mol. The lowest BCUT2D eigenvalue weighted by molar-refractivity contribution is 0.101. The highest BCUT2D eigenvalue weighted by Gasteiger charge is 2.06. The molecule has 0 saturated heterocycles. The highest BCUT2D eigenvalue weighted by atomic mass is 16.1. The monoisotopic (exact) mass is 191 g/mol. The van der Waals surface area contributed by atoms with Gasteiger partial charge in [-0.1, -0.05) is 0 Å². The summed E-state index contributed by atoms with van der Waals surface area (Å²) in [7, 11) is 1.75. The number of Topliss-reactive ketones (excluding diaryl/α,β-unsaturated/α-hetero) is 2. The molecule has 14 heavy (non-hydrogen) atoms. The molecule has 1 aromatic rings. The van der Waals surface area contributed by atoms with Crippen molar-refractivity contribution >= 4 is 17.3 Å². The van der Waals surface area contributed by atoms with Crippen molar-refractivity contribution < 1.29 is 9.59 Å². The van der Waals surface area contributed by atoms with Crippen molar-refractivity contribution in [2.24, 2.45) is 0 Å². The van der Waals surface area contributed by atoms with Crippen LogP contribution < -0.4 is 5.32 Å². The molecule has 0 unspecified atom stereocenters. The van der Waals surface area contributed by atoms with Gasteiger partial charge in [-0.3, -0.25) is 9.59 Å². The van der Waals surface area contributed by atoms with Crippen LogP contribution in [0.15, 0.2) is 18.2 Å². The van der Waals surface area contributed by atoms with Crippen LogP contribution in [0.4, 0.5) is 5.69 Å². The lowest BCUT2D eigenvalue weighted by Crippen LogP contribution is -2.00. The van der Waals surface area contributed by atoms with E-state index in [9.17, 15) is 9.59 Å². The van der Waals surface area contributed by atoms with Crippen molar-refractivity contribution in [2.45, 2.75) is 13.8 Å². The Labute approximate surface area is 83.1 Å². The number of nitrogens with one attached hydrogen (secondary N) is 1. The molecule has 0 aliphatic rings. The van der Waals surface area contributed by atoms with Crippen LogP contribution in [-0.4, -0.2) is 18.6 Å². The maximum atomic E-state index is 11.1. The summed E-state index contributed by atoms with van der Waals surface area (Å²) in [6.07, 6.45) is 0. The van der Waals surface area contributed by atoms with E-state index in [1.165, 1.54) is 13.8 Å². The third kappa shape index (κ3) is 2.19. The van der Waals surface area contributed by atoms with Crippen LogP contribution in [0.3, 0.4) is 0 Å². The quantitative estimate of drug-likeness (QED) is 0.744. The zero-order chi connectivity index (χ0) is 10.7. The van der Waals surface area contributed by atoms with E-state index in [2.05, 4.69) is 5.32 Å². The van der Waals surface area contributed by atoms with E-state index in [-0.39, 0.29) is 11.6 Å². The van der Waals surface area contributed by atoms with Crippen molar-refractivity contribution in [3.05, 3.63) is 29.3 Å². The molecule has 1 rings (SSSR count). The second kappa shape index (κ2) is 4.05. The van der Waals surface area contributed by atoms with E-state index >= 15 is 0 Å². The maximum absolute atomic E-state index is 11.1. The molecule has 0 heterocycles. The molecule has 0 aliphatic heterocycles. The molecule has 0 aromatic heterocycles. The molecule has 0 bridgehead atoms. The van der Waals surface area contributed by atoms with Gasteiger partial charge in [-0.15, -0.1) is 0 Å². The van der Waals surface area contributed by atoms with E-state index in [1.807, 2.05) is 0 Å². The summed E-state index contributed by atoms with van der Waals surface area (Å²) in [4.78, 5) is 22.3. The molecule has 3 heteroatoms. The molecule has 3 nitrogen and oxygen atoms in total. The fourth-order valence-electron chi connectivity index (χ4n) is 1.18. The van der Waals surface area contributed by atoms with Gasteiger partial charge in [0.2, 0.25) is 0 Å². The number of rotatable bonds is 3. The van der Waals surface area contributed by atoms with Crippen LogP contribution in [0, 0.1) is 0 Å². The number of hydrogen-bond donors (Lipinski definition) is 1. The zero-order valence-electron chi connectivity index (χ0n) is 8.55. The lowest BCUT2D eigenvalue weighted by atomic mass is 10.0. The van der Waals surface area contributed by atoms with Gasteiger partial charge in [0.1, 0.15) is 0 Å². The summed E-state index contributed by atoms with van der Waals surface area (Å²) in [6, 6.07) is 5.08. The summed E-state index contributed by atoms with van der Waals surface area (Å²) < 4.78 is 0. The van der Waals surface area contributed by atoms with Gasteiger partial charge in [-0.25, -0.2) is 0 Å². The Morgan fingerprint density at radius 2 is 1.43 bits per heavy atom. The van der Waals surface area contributed by atoms with Crippen LogP contribution >= 0.6 is 0 Å². The molecule has 0 fully saturated rings. The van der Waals surface area contributed by atoms with E-state index in [0.29, 0.717) is 11.1 Å². The summed E-state index contributed by atoms with van der Waals surface area (Å²) in [5.41, 5.74) is 1.90. The van der Waals surface area contributed by atoms with E-state index in [4.69, 9.17) is 0 Å². The van der Waals surface area contributed by atoms with Crippen molar-refractivity contribution in [1.29, 1.82) is 0 Å². The highest BCUT2D eigenvalue weighted by molar-refractivity contribution is 6.00. The van der Waals surface area contributed by atoms with E-state index in [0.717, 1.165) is 5.69 Å². The summed E-state index contributed by atoms with van der Waals surface area (Å²) in [6.45, 7) is 2.97. The van der Waals surface area contributed by atoms with Crippen LogP contribution in [0.25, 0.3) is 0 Å². The number of anilines is 1. The minimum atomic E-state index is -0.0374. The first kappa shape index (κ1) is 10.4. The van der Waals surface area contributed by atoms with Crippen molar-refractivity contribution in [2.75, 3.05) is 12.4 Å². The number of carbonyl (C=O) groups excluding carboxylic acids is 2. The third-order valence-corrected chi connectivity index (χ3v) is 2.03. The van der Waals surface area contributed by atoms with Crippen molar-refractivity contribution in [3.8, 4) is 0 Å². The Kier molecular flexibility index (Phi) is 3.02. The maximum Gasteiger partial charge on any atom is 0.159 e. The minimum absolute atomic E-state index is 0.0374. The number of hydrogen-bond acceptors (Lipinski definition) is 3. The smallest absolute Gasteiger partial charge is 0.159 e. The predicted octanol–water partition coefficient (Wildman–Crippen LogP) is 2.13. The van der Waals surface area contributed by atoms with Gasteiger partial charge in [0.25, 0.3) is 0 Å². The SMILES string of the molecule is CNc1cc(C(C)=O)cc(C(C)=O)c1. The fraction of sp³-hybridized carbons (Fsp3) is 0.273. The van der Waals surface area contributed by atoms with Crippen LogP contribution in [0.5, 0.6) is 0 Å². The molecule has 1 aromatic carbocycles. The lowest BCUT2D eigenvalue weighted by Gasteiger charge is -2.05. The molecule has 0 aliphatic carbocycles. The third-order valence-electron chi connectivity index (χ3n) is 2.03. The van der Waals surface area contributed by atoms with Gasteiger partial charge in [-0.2, -0.15) is 0 Å². The molecule has 0 spiro atoms. The molecule has 0 atom stereocenters. The highest BCUT2D eigenvalue weighted by Crippen LogP contribution is 2.15. The summed E-state index contributed by atoms with van der Waals surface area (Å²) in [5.74, 6) is -0.0748. The Hall–Kier alpha value is -1.64. The van der Waals surface area contributed by atoms with E-state index in [1.54, 1.807) is 25.2 Å². The second-order valence-corrected chi connectivity index (χ2v) is 3.16. The normalized spacial score (nSPS) is 9.64.